The monoisotopic (exact) mass is 623 g/mol. The molecular weight excluding hydrogens is 586 g/mol. The Balaban J connectivity index is 1.66. The van der Waals surface area contributed by atoms with Gasteiger partial charge in [0.05, 0.1) is 13.7 Å². The summed E-state index contributed by atoms with van der Waals surface area (Å²) in [6, 6.07) is 16.2. The molecule has 1 N–H and O–H groups in total. The number of ether oxygens (including phenoxy) is 2. The lowest BCUT2D eigenvalue weighted by molar-refractivity contribution is -0.130. The highest BCUT2D eigenvalue weighted by molar-refractivity contribution is 9.10. The van der Waals surface area contributed by atoms with Crippen LogP contribution in [0.2, 0.25) is 0 Å². The fourth-order valence-electron chi connectivity index (χ4n) is 5.23. The number of amides is 3. The summed E-state index contributed by atoms with van der Waals surface area (Å²) in [4.78, 5) is 43.4. The predicted octanol–water partition coefficient (Wildman–Crippen LogP) is 6.22. The average Bonchev–Trinajstić information content (AvgIpc) is 3.04. The Morgan fingerprint density at radius 2 is 1.88 bits per heavy atom. The van der Waals surface area contributed by atoms with Crippen molar-refractivity contribution in [3.8, 4) is 5.75 Å². The molecule has 3 amide bonds. The smallest absolute Gasteiger partial charge is 0.410 e. The minimum absolute atomic E-state index is 0.214. The second-order valence-corrected chi connectivity index (χ2v) is 12.2. The van der Waals surface area contributed by atoms with Gasteiger partial charge in [-0.05, 0) is 80.6 Å². The van der Waals surface area contributed by atoms with Crippen molar-refractivity contribution >= 4 is 50.3 Å². The van der Waals surface area contributed by atoms with E-state index in [-0.39, 0.29) is 12.5 Å². The number of carbonyl (C=O) groups is 3. The number of aryl methyl sites for hydroxylation is 1. The molecule has 2 atom stereocenters. The van der Waals surface area contributed by atoms with Crippen molar-refractivity contribution in [1.29, 1.82) is 0 Å². The molecule has 0 unspecified atom stereocenters. The van der Waals surface area contributed by atoms with Gasteiger partial charge in [-0.3, -0.25) is 14.5 Å². The van der Waals surface area contributed by atoms with Crippen LogP contribution in [-0.2, 0) is 27.3 Å². The molecule has 0 radical (unpaired) electrons. The van der Waals surface area contributed by atoms with E-state index in [1.165, 1.54) is 4.90 Å². The zero-order chi connectivity index (χ0) is 29.9. The van der Waals surface area contributed by atoms with Gasteiger partial charge in [-0.1, -0.05) is 53.2 Å². The first-order chi connectivity index (χ1) is 19.4. The number of hydrogen-bond acceptors (Lipinski definition) is 5. The molecule has 1 aliphatic heterocycles. The van der Waals surface area contributed by atoms with Gasteiger partial charge in [0, 0.05) is 22.8 Å². The Bertz CT molecular complexity index is 1450. The molecular formula is C32H38BrN3O5. The topological polar surface area (TPSA) is 88.2 Å². The van der Waals surface area contributed by atoms with Crippen molar-refractivity contribution in [3.05, 3.63) is 70.2 Å². The second-order valence-electron chi connectivity index (χ2n) is 11.3. The van der Waals surface area contributed by atoms with E-state index in [0.29, 0.717) is 25.0 Å². The van der Waals surface area contributed by atoms with Gasteiger partial charge < -0.3 is 19.7 Å². The van der Waals surface area contributed by atoms with Crippen LogP contribution in [0.15, 0.2) is 59.1 Å². The lowest BCUT2D eigenvalue weighted by Gasteiger charge is -2.31. The number of nitrogens with one attached hydrogen (secondary N) is 1. The van der Waals surface area contributed by atoms with Crippen LogP contribution in [0.1, 0.15) is 51.7 Å². The molecule has 41 heavy (non-hydrogen) atoms. The fraction of sp³-hybridized carbons (Fsp3) is 0.406. The molecule has 0 bridgehead atoms. The number of likely N-dealkylation sites (N-methyl/N-ethyl adjacent to an activating group) is 1. The summed E-state index contributed by atoms with van der Waals surface area (Å²) in [7, 11) is 3.17. The highest BCUT2D eigenvalue weighted by atomic mass is 79.9. The van der Waals surface area contributed by atoms with E-state index in [4.69, 9.17) is 9.47 Å². The minimum Gasteiger partial charge on any atom is -0.496 e. The van der Waals surface area contributed by atoms with Crippen LogP contribution in [0.5, 0.6) is 5.75 Å². The number of benzene rings is 3. The number of nitrogens with zero attached hydrogens (tertiary/aromatic N) is 2. The van der Waals surface area contributed by atoms with E-state index in [1.54, 1.807) is 39.8 Å². The minimum atomic E-state index is -0.784. The van der Waals surface area contributed by atoms with Crippen LogP contribution in [-0.4, -0.2) is 54.6 Å². The number of carbonyl (C=O) groups excluding carboxylic acids is 3. The normalized spacial score (nSPS) is 16.0. The Kier molecular flexibility index (Phi) is 9.27. The summed E-state index contributed by atoms with van der Waals surface area (Å²) >= 11 is 3.55. The zero-order valence-electron chi connectivity index (χ0n) is 24.5. The van der Waals surface area contributed by atoms with Crippen molar-refractivity contribution in [1.82, 2.24) is 10.2 Å². The number of fused-ring (bicyclic) bond motifs is 2. The number of rotatable bonds is 7. The Hall–Kier alpha value is -3.59. The molecule has 3 aromatic rings. The van der Waals surface area contributed by atoms with Crippen LogP contribution in [0.4, 0.5) is 10.5 Å². The van der Waals surface area contributed by atoms with Crippen LogP contribution in [0.3, 0.4) is 0 Å². The summed E-state index contributed by atoms with van der Waals surface area (Å²) in [5, 5.41) is 4.96. The first kappa shape index (κ1) is 30.4. The van der Waals surface area contributed by atoms with Crippen LogP contribution in [0.25, 0.3) is 10.8 Å². The maximum Gasteiger partial charge on any atom is 0.410 e. The maximum atomic E-state index is 14.2. The van der Waals surface area contributed by atoms with Gasteiger partial charge in [0.2, 0.25) is 11.8 Å². The van der Waals surface area contributed by atoms with E-state index in [0.717, 1.165) is 32.1 Å². The third-order valence-corrected chi connectivity index (χ3v) is 7.78. The Morgan fingerprint density at radius 1 is 1.15 bits per heavy atom. The summed E-state index contributed by atoms with van der Waals surface area (Å²) < 4.78 is 12.2. The number of halogens is 1. The molecule has 0 fully saturated rings. The number of hydrogen-bond donors (Lipinski definition) is 1. The van der Waals surface area contributed by atoms with E-state index < -0.39 is 29.7 Å². The number of methoxy groups -OCH3 is 1. The summed E-state index contributed by atoms with van der Waals surface area (Å²) in [6.45, 7) is 7.42. The molecule has 3 aromatic carbocycles. The molecule has 9 heteroatoms. The van der Waals surface area contributed by atoms with Gasteiger partial charge in [-0.15, -0.1) is 0 Å². The van der Waals surface area contributed by atoms with Gasteiger partial charge in [0.1, 0.15) is 23.4 Å². The highest BCUT2D eigenvalue weighted by Crippen LogP contribution is 2.35. The molecule has 4 rings (SSSR count). The van der Waals surface area contributed by atoms with Gasteiger partial charge >= 0.3 is 6.09 Å². The quantitative estimate of drug-likeness (QED) is 0.337. The van der Waals surface area contributed by atoms with Crippen molar-refractivity contribution in [2.45, 2.75) is 71.2 Å². The second kappa shape index (κ2) is 12.5. The molecule has 218 valence electrons. The third kappa shape index (κ3) is 6.84. The number of anilines is 1. The van der Waals surface area contributed by atoms with Crippen LogP contribution < -0.4 is 15.0 Å². The average molecular weight is 625 g/mol. The van der Waals surface area contributed by atoms with Gasteiger partial charge in [-0.25, -0.2) is 4.79 Å². The van der Waals surface area contributed by atoms with E-state index in [2.05, 4.69) is 21.2 Å². The molecule has 0 saturated heterocycles. The third-order valence-electron chi connectivity index (χ3n) is 7.29. The fourth-order valence-corrected chi connectivity index (χ4v) is 5.61. The standard InChI is InChI=1S/C32H38BrN3O5/c1-7-26(35(5)31(39)41-32(2,3)4)29(37)34-25-16-12-20-10-8-9-11-27(20)36(30(25)38)19-24-23-15-14-22(33)18-21(23)13-17-28(24)40-6/h8-11,13-15,17-18,25-26H,7,12,16,19H2,1-6H3,(H,34,37)/t25-,26-/m0/s1. The van der Waals surface area contributed by atoms with E-state index in [9.17, 15) is 14.4 Å². The van der Waals surface area contributed by atoms with Crippen LogP contribution >= 0.6 is 15.9 Å². The molecule has 0 saturated carbocycles. The molecule has 1 aliphatic rings. The summed E-state index contributed by atoms with van der Waals surface area (Å²) in [5.41, 5.74) is 2.02. The first-order valence-corrected chi connectivity index (χ1v) is 14.6. The largest absolute Gasteiger partial charge is 0.496 e. The van der Waals surface area contributed by atoms with E-state index >= 15 is 0 Å². The van der Waals surface area contributed by atoms with Crippen molar-refractivity contribution in [2.75, 3.05) is 19.1 Å². The SMILES string of the molecule is CC[C@@H](C(=O)N[C@H]1CCc2ccccc2N(Cc2c(OC)ccc3cc(Br)ccc23)C1=O)N(C)C(=O)OC(C)(C)C. The van der Waals surface area contributed by atoms with Crippen molar-refractivity contribution < 1.29 is 23.9 Å². The summed E-state index contributed by atoms with van der Waals surface area (Å²) in [6.07, 6.45) is 0.830. The Labute approximate surface area is 250 Å². The first-order valence-electron chi connectivity index (χ1n) is 13.8. The van der Waals surface area contributed by atoms with Gasteiger partial charge in [-0.2, -0.15) is 0 Å². The number of para-hydroxylation sites is 1. The lowest BCUT2D eigenvalue weighted by atomic mass is 10.0. The summed E-state index contributed by atoms with van der Waals surface area (Å²) in [5.74, 6) is 0.0758. The van der Waals surface area contributed by atoms with E-state index in [1.807, 2.05) is 61.5 Å². The molecule has 0 aromatic heterocycles. The molecule has 0 aliphatic carbocycles. The van der Waals surface area contributed by atoms with Gasteiger partial charge in [0.25, 0.3) is 0 Å². The molecule has 1 heterocycles. The predicted molar refractivity (Wildman–Crippen MR) is 164 cm³/mol. The van der Waals surface area contributed by atoms with Crippen molar-refractivity contribution in [2.24, 2.45) is 0 Å². The van der Waals surface area contributed by atoms with Gasteiger partial charge in [0.15, 0.2) is 0 Å². The lowest BCUT2D eigenvalue weighted by Crippen LogP contribution is -2.54. The Morgan fingerprint density at radius 3 is 2.56 bits per heavy atom. The molecule has 8 nitrogen and oxygen atoms in total. The molecule has 0 spiro atoms. The van der Waals surface area contributed by atoms with Crippen LogP contribution in [0, 0.1) is 0 Å². The van der Waals surface area contributed by atoms with Crippen molar-refractivity contribution in [3.63, 3.8) is 0 Å². The maximum absolute atomic E-state index is 14.2. The highest BCUT2D eigenvalue weighted by Gasteiger charge is 2.35. The zero-order valence-corrected chi connectivity index (χ0v) is 26.1.